The van der Waals surface area contributed by atoms with E-state index in [-0.39, 0.29) is 12.6 Å². The van der Waals surface area contributed by atoms with Crippen LogP contribution in [0.5, 0.6) is 5.75 Å². The van der Waals surface area contributed by atoms with E-state index < -0.39 is 6.10 Å². The number of ether oxygens (including phenoxy) is 1. The highest BCUT2D eigenvalue weighted by Crippen LogP contribution is 2.29. The molecule has 7 heteroatoms. The smallest absolute Gasteiger partial charge is 0.147 e. The summed E-state index contributed by atoms with van der Waals surface area (Å²) in [5, 5.41) is 19.5. The van der Waals surface area contributed by atoms with E-state index in [4.69, 9.17) is 4.74 Å². The Labute approximate surface area is 210 Å². The molecule has 1 N–H and O–H groups in total. The number of hydrogen-bond acceptors (Lipinski definition) is 7. The molecule has 1 saturated heterocycles. The Morgan fingerprint density at radius 3 is 2.17 bits per heavy atom. The van der Waals surface area contributed by atoms with Crippen LogP contribution < -0.4 is 4.74 Å². The number of hydrogen-bond donors (Lipinski definition) is 1. The van der Waals surface area contributed by atoms with Crippen LogP contribution in [0.25, 0.3) is 10.6 Å². The molecule has 1 aliphatic rings. The second-order valence-corrected chi connectivity index (χ2v) is 9.63. The number of aliphatic hydroxyl groups excluding tert-OH is 1. The van der Waals surface area contributed by atoms with Gasteiger partial charge >= 0.3 is 0 Å². The van der Waals surface area contributed by atoms with E-state index in [9.17, 15) is 5.11 Å². The lowest BCUT2D eigenvalue weighted by Crippen LogP contribution is -2.50. The monoisotopic (exact) mass is 486 g/mol. The van der Waals surface area contributed by atoms with Crippen molar-refractivity contribution in [2.75, 3.05) is 39.3 Å². The van der Waals surface area contributed by atoms with Crippen molar-refractivity contribution in [3.05, 3.63) is 102 Å². The van der Waals surface area contributed by atoms with Crippen LogP contribution in [0, 0.1) is 0 Å². The first-order valence-corrected chi connectivity index (χ1v) is 12.9. The summed E-state index contributed by atoms with van der Waals surface area (Å²) >= 11 is 1.49. The van der Waals surface area contributed by atoms with Gasteiger partial charge in [-0.15, -0.1) is 10.2 Å². The molecule has 1 aromatic heterocycles. The van der Waals surface area contributed by atoms with Gasteiger partial charge in [-0.3, -0.25) is 9.80 Å². The van der Waals surface area contributed by atoms with Crippen molar-refractivity contribution in [1.29, 1.82) is 0 Å². The Balaban J connectivity index is 1.14. The van der Waals surface area contributed by atoms with Crippen LogP contribution in [0.4, 0.5) is 0 Å². The molecule has 35 heavy (non-hydrogen) atoms. The highest BCUT2D eigenvalue weighted by atomic mass is 32.1. The summed E-state index contributed by atoms with van der Waals surface area (Å²) in [4.78, 5) is 4.87. The van der Waals surface area contributed by atoms with Gasteiger partial charge in [-0.2, -0.15) is 0 Å². The lowest BCUT2D eigenvalue weighted by molar-refractivity contribution is 0.0401. The van der Waals surface area contributed by atoms with E-state index in [0.29, 0.717) is 6.54 Å². The third kappa shape index (κ3) is 6.13. The summed E-state index contributed by atoms with van der Waals surface area (Å²) in [5.41, 5.74) is 5.32. The molecule has 1 fully saturated rings. The molecule has 1 atom stereocenters. The van der Waals surface area contributed by atoms with Crippen molar-refractivity contribution >= 4 is 11.3 Å². The minimum atomic E-state index is -0.550. The number of aliphatic hydroxyl groups is 1. The zero-order chi connectivity index (χ0) is 23.9. The summed E-state index contributed by atoms with van der Waals surface area (Å²) < 4.78 is 5.89. The lowest BCUT2D eigenvalue weighted by Gasteiger charge is -2.40. The first-order chi connectivity index (χ1) is 17.3. The molecule has 0 aliphatic carbocycles. The maximum Gasteiger partial charge on any atom is 0.147 e. The van der Waals surface area contributed by atoms with Gasteiger partial charge < -0.3 is 9.84 Å². The van der Waals surface area contributed by atoms with Crippen LogP contribution in [-0.2, 0) is 0 Å². The number of nitrogens with zero attached hydrogens (tertiary/aromatic N) is 4. The molecule has 5 rings (SSSR count). The zero-order valence-corrected chi connectivity index (χ0v) is 20.4. The Hall–Kier alpha value is -3.10. The summed E-state index contributed by atoms with van der Waals surface area (Å²) in [6.45, 7) is 4.60. The normalized spacial score (nSPS) is 15.8. The predicted octanol–water partition coefficient (Wildman–Crippen LogP) is 4.35. The number of piperazine rings is 1. The number of rotatable bonds is 9. The maximum absolute atomic E-state index is 10.6. The number of β-amino-alcohol motifs (C(OH)–C–C–N with tert-alkyl or cyclic N) is 1. The fraction of sp³-hybridized carbons (Fsp3) is 0.286. The number of benzene rings is 3. The predicted molar refractivity (Wildman–Crippen MR) is 140 cm³/mol. The lowest BCUT2D eigenvalue weighted by atomic mass is 9.96. The van der Waals surface area contributed by atoms with Crippen LogP contribution in [0.3, 0.4) is 0 Å². The standard InChI is InChI=1S/C28H30N4O2S/c33-25(20-34-26-13-7-12-24(18-26)28-30-29-21-35-28)19-31-14-16-32(17-15-31)27(22-8-3-1-4-9-22)23-10-5-2-6-11-23/h1-13,18,21,25,27,33H,14-17,19-20H2. The van der Waals surface area contributed by atoms with Gasteiger partial charge in [0.25, 0.3) is 0 Å². The molecule has 180 valence electrons. The summed E-state index contributed by atoms with van der Waals surface area (Å²) in [6, 6.07) is 29.5. The largest absolute Gasteiger partial charge is 0.491 e. The molecular weight excluding hydrogens is 456 g/mol. The van der Waals surface area contributed by atoms with Crippen molar-refractivity contribution in [2.24, 2.45) is 0 Å². The van der Waals surface area contributed by atoms with E-state index in [1.54, 1.807) is 5.51 Å². The fourth-order valence-corrected chi connectivity index (χ4v) is 5.20. The van der Waals surface area contributed by atoms with Crippen molar-refractivity contribution in [2.45, 2.75) is 12.1 Å². The molecule has 3 aromatic carbocycles. The van der Waals surface area contributed by atoms with Gasteiger partial charge in [0.15, 0.2) is 0 Å². The second kappa shape index (κ2) is 11.6. The van der Waals surface area contributed by atoms with Gasteiger partial charge in [0.2, 0.25) is 0 Å². The van der Waals surface area contributed by atoms with Gasteiger partial charge in [-0.25, -0.2) is 0 Å². The fourth-order valence-electron chi connectivity index (χ4n) is 4.65. The Bertz CT molecular complexity index is 1130. The van der Waals surface area contributed by atoms with E-state index in [1.165, 1.54) is 22.5 Å². The third-order valence-corrected chi connectivity index (χ3v) is 7.10. The molecule has 0 bridgehead atoms. The summed E-state index contributed by atoms with van der Waals surface area (Å²) in [5.74, 6) is 0.732. The van der Waals surface area contributed by atoms with E-state index >= 15 is 0 Å². The van der Waals surface area contributed by atoms with Gasteiger partial charge in [-0.05, 0) is 23.3 Å². The average Bonchev–Trinajstić information content (AvgIpc) is 3.46. The number of aromatic nitrogens is 2. The highest BCUT2D eigenvalue weighted by Gasteiger charge is 2.27. The summed E-state index contributed by atoms with van der Waals surface area (Å²) in [7, 11) is 0. The third-order valence-electron chi connectivity index (χ3n) is 6.36. The van der Waals surface area contributed by atoms with Gasteiger partial charge in [0.1, 0.15) is 29.0 Å². The molecule has 0 spiro atoms. The van der Waals surface area contributed by atoms with Crippen molar-refractivity contribution in [1.82, 2.24) is 20.0 Å². The minimum Gasteiger partial charge on any atom is -0.491 e. The second-order valence-electron chi connectivity index (χ2n) is 8.80. The average molecular weight is 487 g/mol. The zero-order valence-electron chi connectivity index (χ0n) is 19.6. The molecule has 0 radical (unpaired) electrons. The Morgan fingerprint density at radius 2 is 1.54 bits per heavy atom. The van der Waals surface area contributed by atoms with Crippen LogP contribution in [0.2, 0.25) is 0 Å². The summed E-state index contributed by atoms with van der Waals surface area (Å²) in [6.07, 6.45) is -0.550. The Morgan fingerprint density at radius 1 is 0.857 bits per heavy atom. The van der Waals surface area contributed by atoms with Crippen LogP contribution in [0.15, 0.2) is 90.4 Å². The molecule has 4 aromatic rings. The van der Waals surface area contributed by atoms with E-state index in [0.717, 1.165) is 42.5 Å². The van der Waals surface area contributed by atoms with Crippen LogP contribution >= 0.6 is 11.3 Å². The van der Waals surface area contributed by atoms with Crippen molar-refractivity contribution < 1.29 is 9.84 Å². The maximum atomic E-state index is 10.6. The van der Waals surface area contributed by atoms with Gasteiger partial charge in [0.05, 0.1) is 6.04 Å². The Kier molecular flexibility index (Phi) is 7.80. The van der Waals surface area contributed by atoms with Crippen LogP contribution in [0.1, 0.15) is 17.2 Å². The quantitative estimate of drug-likeness (QED) is 0.380. The van der Waals surface area contributed by atoms with E-state index in [1.807, 2.05) is 24.3 Å². The van der Waals surface area contributed by atoms with Crippen LogP contribution in [-0.4, -0.2) is 70.5 Å². The highest BCUT2D eigenvalue weighted by molar-refractivity contribution is 7.12. The van der Waals surface area contributed by atoms with Crippen molar-refractivity contribution in [3.8, 4) is 16.3 Å². The molecule has 6 nitrogen and oxygen atoms in total. The van der Waals surface area contributed by atoms with Gasteiger partial charge in [0, 0.05) is 38.3 Å². The minimum absolute atomic E-state index is 0.244. The topological polar surface area (TPSA) is 61.7 Å². The molecule has 0 saturated carbocycles. The first kappa shape index (κ1) is 23.6. The van der Waals surface area contributed by atoms with Crippen molar-refractivity contribution in [3.63, 3.8) is 0 Å². The molecular formula is C28H30N4O2S. The van der Waals surface area contributed by atoms with Gasteiger partial charge in [-0.1, -0.05) is 84.1 Å². The SMILES string of the molecule is OC(COc1cccc(-c2nncs2)c1)CN1CCN(C(c2ccccc2)c2ccccc2)CC1. The first-order valence-electron chi connectivity index (χ1n) is 12.0. The molecule has 2 heterocycles. The molecule has 0 amide bonds. The van der Waals surface area contributed by atoms with E-state index in [2.05, 4.69) is 80.7 Å². The molecule has 1 aliphatic heterocycles. The molecule has 1 unspecified atom stereocenters.